The quantitative estimate of drug-likeness (QED) is 0.852. The van der Waals surface area contributed by atoms with Crippen molar-refractivity contribution in [2.24, 2.45) is 5.92 Å². The molecule has 3 atom stereocenters. The van der Waals surface area contributed by atoms with E-state index in [1.54, 1.807) is 18.3 Å². The number of rotatable bonds is 3. The number of carbonyl (C=O) groups is 1. The van der Waals surface area contributed by atoms with Gasteiger partial charge in [-0.05, 0) is 31.2 Å². The molecule has 0 N–H and O–H groups in total. The standard InChI is InChI=1S/C16H20N2O3/c19-16(18-9-11-1-2-13(18)7-11)12-3-5-17-15(8-12)21-14-4-6-20-10-14/h3,5,8,11,13-14H,1-2,4,6-7,9-10H2/t11-,13-,14+/m0/s1. The lowest BCUT2D eigenvalue weighted by Crippen LogP contribution is -2.37. The summed E-state index contributed by atoms with van der Waals surface area (Å²) in [5.74, 6) is 1.37. The summed E-state index contributed by atoms with van der Waals surface area (Å²) >= 11 is 0. The van der Waals surface area contributed by atoms with Gasteiger partial charge in [0.2, 0.25) is 5.88 Å². The van der Waals surface area contributed by atoms with Crippen LogP contribution in [0, 0.1) is 5.92 Å². The highest BCUT2D eigenvalue weighted by molar-refractivity contribution is 5.94. The van der Waals surface area contributed by atoms with E-state index in [4.69, 9.17) is 9.47 Å². The molecule has 0 aromatic carbocycles. The van der Waals surface area contributed by atoms with Crippen molar-refractivity contribution in [1.29, 1.82) is 0 Å². The molecule has 1 aliphatic carbocycles. The van der Waals surface area contributed by atoms with Crippen LogP contribution < -0.4 is 4.74 Å². The topological polar surface area (TPSA) is 51.7 Å². The number of ether oxygens (including phenoxy) is 2. The average molecular weight is 288 g/mol. The Morgan fingerprint density at radius 1 is 1.38 bits per heavy atom. The fourth-order valence-corrected chi connectivity index (χ4v) is 3.72. The van der Waals surface area contributed by atoms with Crippen molar-refractivity contribution in [3.05, 3.63) is 23.9 Å². The van der Waals surface area contributed by atoms with Crippen molar-refractivity contribution in [3.63, 3.8) is 0 Å². The van der Waals surface area contributed by atoms with Gasteiger partial charge in [0.1, 0.15) is 6.10 Å². The predicted molar refractivity (Wildman–Crippen MR) is 76.3 cm³/mol. The van der Waals surface area contributed by atoms with Gasteiger partial charge in [-0.15, -0.1) is 0 Å². The molecule has 112 valence electrons. The third kappa shape index (κ3) is 2.50. The zero-order valence-corrected chi connectivity index (χ0v) is 12.0. The molecular weight excluding hydrogens is 268 g/mol. The third-order valence-electron chi connectivity index (χ3n) is 4.83. The lowest BCUT2D eigenvalue weighted by Gasteiger charge is -2.27. The molecule has 1 aromatic rings. The van der Waals surface area contributed by atoms with E-state index in [2.05, 4.69) is 4.98 Å². The zero-order chi connectivity index (χ0) is 14.2. The van der Waals surface area contributed by atoms with Crippen molar-refractivity contribution in [3.8, 4) is 5.88 Å². The fourth-order valence-electron chi connectivity index (χ4n) is 3.72. The second-order valence-corrected chi connectivity index (χ2v) is 6.28. The van der Waals surface area contributed by atoms with Crippen LogP contribution in [0.15, 0.2) is 18.3 Å². The highest BCUT2D eigenvalue weighted by Gasteiger charge is 2.40. The molecule has 1 saturated carbocycles. The Morgan fingerprint density at radius 3 is 3.05 bits per heavy atom. The Bertz CT molecular complexity index is 542. The maximum atomic E-state index is 12.6. The Kier molecular flexibility index (Phi) is 3.30. The molecular formula is C16H20N2O3. The Balaban J connectivity index is 1.48. The molecule has 0 spiro atoms. The van der Waals surface area contributed by atoms with E-state index in [9.17, 15) is 4.79 Å². The van der Waals surface area contributed by atoms with E-state index in [0.29, 0.717) is 30.0 Å². The first-order valence-corrected chi connectivity index (χ1v) is 7.81. The van der Waals surface area contributed by atoms with Crippen molar-refractivity contribution >= 4 is 5.91 Å². The summed E-state index contributed by atoms with van der Waals surface area (Å²) in [4.78, 5) is 18.9. The van der Waals surface area contributed by atoms with Crippen molar-refractivity contribution in [1.82, 2.24) is 9.88 Å². The number of fused-ring (bicyclic) bond motifs is 2. The summed E-state index contributed by atoms with van der Waals surface area (Å²) in [5, 5.41) is 0. The molecule has 0 unspecified atom stereocenters. The second kappa shape index (κ2) is 5.30. The van der Waals surface area contributed by atoms with Gasteiger partial charge in [-0.25, -0.2) is 4.98 Å². The molecule has 2 saturated heterocycles. The monoisotopic (exact) mass is 288 g/mol. The molecule has 3 aliphatic rings. The minimum absolute atomic E-state index is 0.0608. The van der Waals surface area contributed by atoms with E-state index in [0.717, 1.165) is 26.0 Å². The highest BCUT2D eigenvalue weighted by atomic mass is 16.5. The van der Waals surface area contributed by atoms with Gasteiger partial charge in [0.15, 0.2) is 0 Å². The number of hydrogen-bond donors (Lipinski definition) is 0. The van der Waals surface area contributed by atoms with Crippen LogP contribution in [0.3, 0.4) is 0 Å². The molecule has 3 heterocycles. The molecule has 3 fully saturated rings. The minimum Gasteiger partial charge on any atom is -0.472 e. The average Bonchev–Trinajstić information content (AvgIpc) is 3.24. The summed E-state index contributed by atoms with van der Waals surface area (Å²) in [5.41, 5.74) is 0.687. The first-order chi connectivity index (χ1) is 10.3. The van der Waals surface area contributed by atoms with Crippen LogP contribution in [0.4, 0.5) is 0 Å². The van der Waals surface area contributed by atoms with Crippen LogP contribution in [0.5, 0.6) is 5.88 Å². The van der Waals surface area contributed by atoms with Crippen molar-refractivity contribution < 1.29 is 14.3 Å². The van der Waals surface area contributed by atoms with Crippen LogP contribution in [-0.4, -0.2) is 47.7 Å². The number of pyridine rings is 1. The number of hydrogen-bond acceptors (Lipinski definition) is 4. The van der Waals surface area contributed by atoms with Gasteiger partial charge >= 0.3 is 0 Å². The molecule has 2 bridgehead atoms. The molecule has 1 aromatic heterocycles. The van der Waals surface area contributed by atoms with Crippen LogP contribution in [0.2, 0.25) is 0 Å². The molecule has 4 rings (SSSR count). The van der Waals surface area contributed by atoms with E-state index >= 15 is 0 Å². The van der Waals surface area contributed by atoms with E-state index < -0.39 is 0 Å². The second-order valence-electron chi connectivity index (χ2n) is 6.28. The number of likely N-dealkylation sites (tertiary alicyclic amines) is 1. The van der Waals surface area contributed by atoms with Crippen molar-refractivity contribution in [2.75, 3.05) is 19.8 Å². The Hall–Kier alpha value is -1.62. The Morgan fingerprint density at radius 2 is 2.33 bits per heavy atom. The SMILES string of the molecule is O=C(c1ccnc(O[C@@H]2CCOC2)c1)N1C[C@H]2CC[C@H]1C2. The minimum atomic E-state index is 0.0608. The third-order valence-corrected chi connectivity index (χ3v) is 4.83. The molecule has 1 amide bonds. The number of aromatic nitrogens is 1. The number of piperidine rings is 1. The number of carbonyl (C=O) groups excluding carboxylic acids is 1. The van der Waals surface area contributed by atoms with Crippen molar-refractivity contribution in [2.45, 2.75) is 37.8 Å². The zero-order valence-electron chi connectivity index (χ0n) is 12.0. The lowest BCUT2D eigenvalue weighted by molar-refractivity contribution is 0.0702. The number of amides is 1. The van der Waals surface area contributed by atoms with Gasteiger partial charge in [-0.1, -0.05) is 0 Å². The van der Waals surface area contributed by atoms with E-state index in [-0.39, 0.29) is 12.0 Å². The first kappa shape index (κ1) is 13.1. The summed E-state index contributed by atoms with van der Waals surface area (Å²) in [7, 11) is 0. The number of nitrogens with zero attached hydrogens (tertiary/aromatic N) is 2. The van der Waals surface area contributed by atoms with Gasteiger partial charge in [0.25, 0.3) is 5.91 Å². The lowest BCUT2D eigenvalue weighted by atomic mass is 10.1. The van der Waals surface area contributed by atoms with Gasteiger partial charge in [-0.3, -0.25) is 4.79 Å². The molecule has 0 radical (unpaired) electrons. The summed E-state index contributed by atoms with van der Waals surface area (Å²) in [6.07, 6.45) is 6.22. The smallest absolute Gasteiger partial charge is 0.254 e. The van der Waals surface area contributed by atoms with E-state index in [1.807, 2.05) is 4.90 Å². The first-order valence-electron chi connectivity index (χ1n) is 7.81. The van der Waals surface area contributed by atoms with Crippen LogP contribution >= 0.6 is 0 Å². The highest BCUT2D eigenvalue weighted by Crippen LogP contribution is 2.38. The summed E-state index contributed by atoms with van der Waals surface area (Å²) in [6, 6.07) is 4.00. The van der Waals surface area contributed by atoms with Gasteiger partial charge < -0.3 is 14.4 Å². The van der Waals surface area contributed by atoms with Gasteiger partial charge in [0, 0.05) is 36.8 Å². The normalized spacial score (nSPS) is 30.9. The maximum Gasteiger partial charge on any atom is 0.254 e. The Labute approximate surface area is 124 Å². The fraction of sp³-hybridized carbons (Fsp3) is 0.625. The van der Waals surface area contributed by atoms with Crippen LogP contribution in [-0.2, 0) is 4.74 Å². The molecule has 21 heavy (non-hydrogen) atoms. The molecule has 2 aliphatic heterocycles. The van der Waals surface area contributed by atoms with Gasteiger partial charge in [0.05, 0.1) is 13.2 Å². The molecule has 5 nitrogen and oxygen atoms in total. The largest absolute Gasteiger partial charge is 0.472 e. The summed E-state index contributed by atoms with van der Waals surface area (Å²) < 4.78 is 11.1. The summed E-state index contributed by atoms with van der Waals surface area (Å²) in [6.45, 7) is 2.26. The molecule has 5 heteroatoms. The predicted octanol–water partition coefficient (Wildman–Crippen LogP) is 1.87. The van der Waals surface area contributed by atoms with E-state index in [1.165, 1.54) is 12.8 Å². The van der Waals surface area contributed by atoms with Crippen LogP contribution in [0.1, 0.15) is 36.0 Å². The maximum absolute atomic E-state index is 12.6. The van der Waals surface area contributed by atoms with Crippen LogP contribution in [0.25, 0.3) is 0 Å². The van der Waals surface area contributed by atoms with Gasteiger partial charge in [-0.2, -0.15) is 0 Å².